The Morgan fingerprint density at radius 3 is 2.55 bits per heavy atom. The second-order valence-electron chi connectivity index (χ2n) is 5.18. The number of halogens is 1. The first-order valence-electron chi connectivity index (χ1n) is 6.78. The average molecular weight is 273 g/mol. The van der Waals surface area contributed by atoms with Gasteiger partial charge in [0.15, 0.2) is 0 Å². The largest absolute Gasteiger partial charge is 0.342 e. The molecule has 1 aliphatic rings. The van der Waals surface area contributed by atoms with Crippen LogP contribution in [0.1, 0.15) is 31.2 Å². The molecule has 0 aliphatic heterocycles. The minimum Gasteiger partial charge on any atom is -0.327 e. The van der Waals surface area contributed by atoms with Gasteiger partial charge in [-0.3, -0.25) is 0 Å². The number of nitrogens with one attached hydrogen (secondary N) is 1. The van der Waals surface area contributed by atoms with Crippen molar-refractivity contribution < 1.29 is 9.18 Å². The standard InChI is InChI=1S/C15H16FN3O/c16-13-6-4-12(5-7-13)15(8-1-2-9-15)18-14(20)19-11-3-10-17-19/h3-7,10-11H,1-2,8-9H2,(H,18,20). The van der Waals surface area contributed by atoms with Gasteiger partial charge in [0.05, 0.1) is 5.54 Å². The van der Waals surface area contributed by atoms with Crippen LogP contribution in [-0.4, -0.2) is 15.8 Å². The van der Waals surface area contributed by atoms with E-state index < -0.39 is 5.54 Å². The summed E-state index contributed by atoms with van der Waals surface area (Å²) in [6.07, 6.45) is 7.02. The Hall–Kier alpha value is -2.17. The van der Waals surface area contributed by atoms with Gasteiger partial charge >= 0.3 is 6.03 Å². The third-order valence-corrected chi connectivity index (χ3v) is 3.91. The van der Waals surface area contributed by atoms with E-state index in [0.717, 1.165) is 31.2 Å². The van der Waals surface area contributed by atoms with Gasteiger partial charge in [0, 0.05) is 12.4 Å². The summed E-state index contributed by atoms with van der Waals surface area (Å²) in [5.74, 6) is -0.264. The van der Waals surface area contributed by atoms with Gasteiger partial charge in [-0.05, 0) is 36.6 Å². The zero-order valence-corrected chi connectivity index (χ0v) is 11.1. The van der Waals surface area contributed by atoms with Crippen molar-refractivity contribution in [1.82, 2.24) is 15.1 Å². The highest BCUT2D eigenvalue weighted by Gasteiger charge is 2.37. The Morgan fingerprint density at radius 2 is 1.95 bits per heavy atom. The van der Waals surface area contributed by atoms with Crippen molar-refractivity contribution in [2.24, 2.45) is 0 Å². The molecule has 1 amide bonds. The van der Waals surface area contributed by atoms with Crippen LogP contribution in [0.3, 0.4) is 0 Å². The van der Waals surface area contributed by atoms with Gasteiger partial charge in [0.1, 0.15) is 5.82 Å². The number of benzene rings is 1. The molecule has 104 valence electrons. The molecule has 0 unspecified atom stereocenters. The molecular formula is C15H16FN3O. The Morgan fingerprint density at radius 1 is 1.25 bits per heavy atom. The first-order chi connectivity index (χ1) is 9.70. The van der Waals surface area contributed by atoms with E-state index in [1.165, 1.54) is 16.8 Å². The maximum absolute atomic E-state index is 13.1. The number of carbonyl (C=O) groups is 1. The summed E-state index contributed by atoms with van der Waals surface area (Å²) in [4.78, 5) is 12.2. The highest BCUT2D eigenvalue weighted by atomic mass is 19.1. The first-order valence-corrected chi connectivity index (χ1v) is 6.78. The molecule has 0 saturated heterocycles. The SMILES string of the molecule is O=C(NC1(c2ccc(F)cc2)CCCC1)n1cccn1. The summed E-state index contributed by atoms with van der Waals surface area (Å²) in [6, 6.07) is 7.85. The lowest BCUT2D eigenvalue weighted by Crippen LogP contribution is -2.45. The van der Waals surface area contributed by atoms with Crippen LogP contribution in [0.5, 0.6) is 0 Å². The van der Waals surface area contributed by atoms with E-state index in [2.05, 4.69) is 10.4 Å². The Labute approximate surface area is 116 Å². The molecule has 1 heterocycles. The van der Waals surface area contributed by atoms with Crippen LogP contribution in [-0.2, 0) is 5.54 Å². The van der Waals surface area contributed by atoms with Gasteiger partial charge in [-0.2, -0.15) is 9.78 Å². The molecule has 0 atom stereocenters. The second-order valence-corrected chi connectivity index (χ2v) is 5.18. The topological polar surface area (TPSA) is 46.9 Å². The molecule has 4 nitrogen and oxygen atoms in total. The Bertz CT molecular complexity index is 586. The van der Waals surface area contributed by atoms with Crippen LogP contribution >= 0.6 is 0 Å². The molecule has 1 aromatic heterocycles. The van der Waals surface area contributed by atoms with Gasteiger partial charge in [-0.25, -0.2) is 9.18 Å². The summed E-state index contributed by atoms with van der Waals surface area (Å²) in [6.45, 7) is 0. The van der Waals surface area contributed by atoms with Crippen molar-refractivity contribution in [1.29, 1.82) is 0 Å². The lowest BCUT2D eigenvalue weighted by atomic mass is 9.88. The van der Waals surface area contributed by atoms with Crippen molar-refractivity contribution in [2.75, 3.05) is 0 Å². The van der Waals surface area contributed by atoms with Crippen LogP contribution in [0.4, 0.5) is 9.18 Å². The molecule has 20 heavy (non-hydrogen) atoms. The predicted molar refractivity (Wildman–Crippen MR) is 72.7 cm³/mol. The molecule has 1 aromatic carbocycles. The fraction of sp³-hybridized carbons (Fsp3) is 0.333. The molecule has 1 saturated carbocycles. The lowest BCUT2D eigenvalue weighted by molar-refractivity contribution is 0.223. The molecule has 2 aromatic rings. The monoisotopic (exact) mass is 273 g/mol. The summed E-state index contributed by atoms with van der Waals surface area (Å²) >= 11 is 0. The molecule has 0 spiro atoms. The smallest absolute Gasteiger partial charge is 0.327 e. The van der Waals surface area contributed by atoms with Crippen LogP contribution in [0.25, 0.3) is 0 Å². The second kappa shape index (κ2) is 5.07. The number of amides is 1. The molecule has 1 N–H and O–H groups in total. The van der Waals surface area contributed by atoms with Gasteiger partial charge in [0.2, 0.25) is 0 Å². The lowest BCUT2D eigenvalue weighted by Gasteiger charge is -2.30. The van der Waals surface area contributed by atoms with Crippen molar-refractivity contribution in [3.05, 3.63) is 54.1 Å². The van der Waals surface area contributed by atoms with Crippen molar-refractivity contribution >= 4 is 6.03 Å². The molecule has 1 fully saturated rings. The normalized spacial score (nSPS) is 17.1. The van der Waals surface area contributed by atoms with Crippen molar-refractivity contribution in [2.45, 2.75) is 31.2 Å². The van der Waals surface area contributed by atoms with Crippen molar-refractivity contribution in [3.8, 4) is 0 Å². The fourth-order valence-electron chi connectivity index (χ4n) is 2.88. The van der Waals surface area contributed by atoms with E-state index >= 15 is 0 Å². The van der Waals surface area contributed by atoms with E-state index in [-0.39, 0.29) is 11.8 Å². The van der Waals surface area contributed by atoms with Gasteiger partial charge in [-0.1, -0.05) is 25.0 Å². The number of nitrogens with zero attached hydrogens (tertiary/aromatic N) is 2. The van der Waals surface area contributed by atoms with E-state index in [1.807, 2.05) is 0 Å². The zero-order valence-electron chi connectivity index (χ0n) is 11.1. The number of hydrogen-bond donors (Lipinski definition) is 1. The minimum absolute atomic E-state index is 0.249. The predicted octanol–water partition coefficient (Wildman–Crippen LogP) is 3.05. The fourth-order valence-corrected chi connectivity index (χ4v) is 2.88. The number of carbonyl (C=O) groups excluding carboxylic acids is 1. The Kier molecular flexibility index (Phi) is 3.26. The van der Waals surface area contributed by atoms with Crippen LogP contribution in [0.15, 0.2) is 42.7 Å². The summed E-state index contributed by atoms with van der Waals surface area (Å²) in [5, 5.41) is 7.01. The van der Waals surface area contributed by atoms with Crippen LogP contribution < -0.4 is 5.32 Å². The van der Waals surface area contributed by atoms with Gasteiger partial charge in [-0.15, -0.1) is 0 Å². The first kappa shape index (κ1) is 12.8. The van der Waals surface area contributed by atoms with Gasteiger partial charge in [0.25, 0.3) is 0 Å². The molecule has 1 aliphatic carbocycles. The Balaban J connectivity index is 1.88. The average Bonchev–Trinajstić information content (AvgIpc) is 3.10. The maximum Gasteiger partial charge on any atom is 0.342 e. The maximum atomic E-state index is 13.1. The van der Waals surface area contributed by atoms with E-state index in [9.17, 15) is 9.18 Å². The highest BCUT2D eigenvalue weighted by molar-refractivity contribution is 5.76. The third kappa shape index (κ3) is 2.31. The van der Waals surface area contributed by atoms with Gasteiger partial charge < -0.3 is 5.32 Å². The zero-order chi connectivity index (χ0) is 14.0. The minimum atomic E-state index is -0.406. The van der Waals surface area contributed by atoms with Crippen molar-refractivity contribution in [3.63, 3.8) is 0 Å². The van der Waals surface area contributed by atoms with E-state index in [4.69, 9.17) is 0 Å². The third-order valence-electron chi connectivity index (χ3n) is 3.91. The summed E-state index contributed by atoms with van der Waals surface area (Å²) in [7, 11) is 0. The highest BCUT2D eigenvalue weighted by Crippen LogP contribution is 2.38. The molecule has 3 rings (SSSR count). The number of hydrogen-bond acceptors (Lipinski definition) is 2. The van der Waals surface area contributed by atoms with E-state index in [0.29, 0.717) is 0 Å². The molecule has 5 heteroatoms. The summed E-state index contributed by atoms with van der Waals surface area (Å²) in [5.41, 5.74) is 0.549. The number of aromatic nitrogens is 2. The summed E-state index contributed by atoms with van der Waals surface area (Å²) < 4.78 is 14.4. The van der Waals surface area contributed by atoms with Crippen LogP contribution in [0.2, 0.25) is 0 Å². The van der Waals surface area contributed by atoms with Crippen LogP contribution in [0, 0.1) is 5.82 Å². The molecule has 0 bridgehead atoms. The quantitative estimate of drug-likeness (QED) is 0.914. The van der Waals surface area contributed by atoms with E-state index in [1.54, 1.807) is 30.6 Å². The molecule has 0 radical (unpaired) electrons. The number of rotatable bonds is 2. The molecular weight excluding hydrogens is 257 g/mol.